The standard InChI is InChI=1S/C22H26N4OS3/c1-28-18-11-9-16(10-12-18)23-21(27)15-30-22-25-24-20(14-19-8-5-13-29-19)26(22)17-6-3-2-4-7-17/h5,8-13,17H,2-4,6-7,14-15H2,1H3,(H,23,27). The van der Waals surface area contributed by atoms with Crippen molar-refractivity contribution in [1.82, 2.24) is 14.8 Å². The van der Waals surface area contributed by atoms with Crippen LogP contribution in [0.1, 0.15) is 48.8 Å². The molecule has 5 nitrogen and oxygen atoms in total. The van der Waals surface area contributed by atoms with Gasteiger partial charge in [-0.2, -0.15) is 0 Å². The summed E-state index contributed by atoms with van der Waals surface area (Å²) in [5, 5.41) is 14.9. The van der Waals surface area contributed by atoms with Gasteiger partial charge in [0.05, 0.1) is 5.75 Å². The van der Waals surface area contributed by atoms with E-state index in [0.29, 0.717) is 11.8 Å². The molecular weight excluding hydrogens is 432 g/mol. The second-order valence-electron chi connectivity index (χ2n) is 7.38. The number of hydrogen-bond acceptors (Lipinski definition) is 6. The molecule has 158 valence electrons. The smallest absolute Gasteiger partial charge is 0.234 e. The first-order valence-electron chi connectivity index (χ1n) is 10.3. The van der Waals surface area contributed by atoms with Crippen molar-refractivity contribution in [2.45, 2.75) is 54.6 Å². The molecule has 8 heteroatoms. The molecule has 3 aromatic rings. The molecule has 1 saturated carbocycles. The first kappa shape index (κ1) is 21.5. The number of carbonyl (C=O) groups is 1. The minimum Gasteiger partial charge on any atom is -0.325 e. The van der Waals surface area contributed by atoms with Crippen molar-refractivity contribution in [3.63, 3.8) is 0 Å². The minimum atomic E-state index is -0.0186. The molecule has 0 saturated heterocycles. The van der Waals surface area contributed by atoms with Crippen LogP contribution in [0.15, 0.2) is 51.8 Å². The first-order valence-corrected chi connectivity index (χ1v) is 13.3. The highest BCUT2D eigenvalue weighted by atomic mass is 32.2. The van der Waals surface area contributed by atoms with Gasteiger partial charge in [0.15, 0.2) is 5.16 Å². The van der Waals surface area contributed by atoms with Crippen LogP contribution in [0.4, 0.5) is 5.69 Å². The fraction of sp³-hybridized carbons (Fsp3) is 0.409. The van der Waals surface area contributed by atoms with Gasteiger partial charge < -0.3 is 9.88 Å². The summed E-state index contributed by atoms with van der Waals surface area (Å²) in [5.74, 6) is 1.32. The van der Waals surface area contributed by atoms with E-state index in [1.54, 1.807) is 23.1 Å². The van der Waals surface area contributed by atoms with Gasteiger partial charge in [-0.1, -0.05) is 37.1 Å². The summed E-state index contributed by atoms with van der Waals surface area (Å²) in [7, 11) is 0. The summed E-state index contributed by atoms with van der Waals surface area (Å²) in [6, 6.07) is 12.6. The van der Waals surface area contributed by atoms with Gasteiger partial charge >= 0.3 is 0 Å². The maximum absolute atomic E-state index is 12.5. The average Bonchev–Trinajstić information content (AvgIpc) is 3.44. The summed E-state index contributed by atoms with van der Waals surface area (Å²) in [4.78, 5) is 15.0. The highest BCUT2D eigenvalue weighted by molar-refractivity contribution is 7.99. The van der Waals surface area contributed by atoms with Crippen LogP contribution < -0.4 is 5.32 Å². The third-order valence-corrected chi connectivity index (χ3v) is 7.86. The monoisotopic (exact) mass is 458 g/mol. The van der Waals surface area contributed by atoms with E-state index in [4.69, 9.17) is 0 Å². The summed E-state index contributed by atoms with van der Waals surface area (Å²) >= 11 is 4.92. The predicted molar refractivity (Wildman–Crippen MR) is 127 cm³/mol. The van der Waals surface area contributed by atoms with E-state index in [2.05, 4.69) is 37.6 Å². The summed E-state index contributed by atoms with van der Waals surface area (Å²) in [6.45, 7) is 0. The molecule has 0 radical (unpaired) electrons. The predicted octanol–water partition coefficient (Wildman–Crippen LogP) is 5.89. The molecular formula is C22H26N4OS3. The highest BCUT2D eigenvalue weighted by Gasteiger charge is 2.23. The van der Waals surface area contributed by atoms with Crippen molar-refractivity contribution in [1.29, 1.82) is 0 Å². The van der Waals surface area contributed by atoms with Gasteiger partial charge in [-0.05, 0) is 54.8 Å². The van der Waals surface area contributed by atoms with E-state index < -0.39 is 0 Å². The number of nitrogens with one attached hydrogen (secondary N) is 1. The molecule has 0 atom stereocenters. The van der Waals surface area contributed by atoms with Crippen LogP contribution in [-0.2, 0) is 11.2 Å². The average molecular weight is 459 g/mol. The molecule has 1 N–H and O–H groups in total. The third kappa shape index (κ3) is 5.47. The number of amides is 1. The molecule has 4 rings (SSSR count). The van der Waals surface area contributed by atoms with Gasteiger partial charge in [0.1, 0.15) is 5.82 Å². The second-order valence-corrected chi connectivity index (χ2v) is 10.2. The van der Waals surface area contributed by atoms with Gasteiger partial charge in [0, 0.05) is 27.9 Å². The van der Waals surface area contributed by atoms with Gasteiger partial charge in [-0.15, -0.1) is 33.3 Å². The molecule has 0 unspecified atom stereocenters. The Balaban J connectivity index is 1.44. The Morgan fingerprint density at radius 3 is 2.67 bits per heavy atom. The largest absolute Gasteiger partial charge is 0.325 e. The van der Waals surface area contributed by atoms with E-state index in [0.717, 1.165) is 35.9 Å². The second kappa shape index (κ2) is 10.5. The molecule has 2 heterocycles. The van der Waals surface area contributed by atoms with Crippen LogP contribution >= 0.6 is 34.9 Å². The van der Waals surface area contributed by atoms with Crippen molar-refractivity contribution in [3.05, 3.63) is 52.5 Å². The maximum atomic E-state index is 12.5. The number of thiophene rings is 1. The molecule has 0 aliphatic heterocycles. The molecule has 1 amide bonds. The van der Waals surface area contributed by atoms with Crippen molar-refractivity contribution >= 4 is 46.5 Å². The number of carbonyl (C=O) groups excluding carboxylic acids is 1. The van der Waals surface area contributed by atoms with Crippen LogP contribution in [0.25, 0.3) is 0 Å². The number of hydrogen-bond donors (Lipinski definition) is 1. The summed E-state index contributed by atoms with van der Waals surface area (Å²) < 4.78 is 2.31. The van der Waals surface area contributed by atoms with Gasteiger partial charge in [-0.3, -0.25) is 4.79 Å². The zero-order valence-corrected chi connectivity index (χ0v) is 19.5. The van der Waals surface area contributed by atoms with E-state index in [1.165, 1.54) is 40.8 Å². The lowest BCUT2D eigenvalue weighted by Crippen LogP contribution is -2.18. The van der Waals surface area contributed by atoms with E-state index in [-0.39, 0.29) is 5.91 Å². The van der Waals surface area contributed by atoms with Crippen LogP contribution in [0.5, 0.6) is 0 Å². The minimum absolute atomic E-state index is 0.0186. The van der Waals surface area contributed by atoms with Crippen molar-refractivity contribution in [2.24, 2.45) is 0 Å². The summed E-state index contributed by atoms with van der Waals surface area (Å²) in [5.41, 5.74) is 0.825. The molecule has 0 spiro atoms. The van der Waals surface area contributed by atoms with E-state index in [1.807, 2.05) is 30.5 Å². The normalized spacial score (nSPS) is 14.7. The Labute approximate surface area is 190 Å². The zero-order valence-electron chi connectivity index (χ0n) is 17.0. The van der Waals surface area contributed by atoms with Crippen LogP contribution in [0, 0.1) is 0 Å². The topological polar surface area (TPSA) is 59.8 Å². The first-order chi connectivity index (χ1) is 14.7. The lowest BCUT2D eigenvalue weighted by atomic mass is 9.95. The third-order valence-electron chi connectivity index (χ3n) is 5.29. The van der Waals surface area contributed by atoms with Crippen molar-refractivity contribution < 1.29 is 4.79 Å². The fourth-order valence-corrected chi connectivity index (χ4v) is 5.74. The van der Waals surface area contributed by atoms with E-state index >= 15 is 0 Å². The molecule has 1 aromatic carbocycles. The Kier molecular flexibility index (Phi) is 7.52. The Hall–Kier alpha value is -1.77. The molecule has 1 aliphatic carbocycles. The van der Waals surface area contributed by atoms with Crippen LogP contribution in [0.3, 0.4) is 0 Å². The summed E-state index contributed by atoms with van der Waals surface area (Å²) in [6.07, 6.45) is 8.97. The van der Waals surface area contributed by atoms with Crippen LogP contribution in [0.2, 0.25) is 0 Å². The highest BCUT2D eigenvalue weighted by Crippen LogP contribution is 2.33. The Morgan fingerprint density at radius 1 is 1.17 bits per heavy atom. The van der Waals surface area contributed by atoms with Gasteiger partial charge in [-0.25, -0.2) is 0 Å². The van der Waals surface area contributed by atoms with Crippen LogP contribution in [-0.4, -0.2) is 32.7 Å². The van der Waals surface area contributed by atoms with Gasteiger partial charge in [0.2, 0.25) is 5.91 Å². The number of anilines is 1. The van der Waals surface area contributed by atoms with Crippen molar-refractivity contribution in [2.75, 3.05) is 17.3 Å². The Morgan fingerprint density at radius 2 is 1.97 bits per heavy atom. The quantitative estimate of drug-likeness (QED) is 0.427. The number of rotatable bonds is 8. The SMILES string of the molecule is CSc1ccc(NC(=O)CSc2nnc(Cc3cccs3)n2C2CCCCC2)cc1. The van der Waals surface area contributed by atoms with Gasteiger partial charge in [0.25, 0.3) is 0 Å². The molecule has 0 bridgehead atoms. The molecule has 2 aromatic heterocycles. The number of aromatic nitrogens is 3. The maximum Gasteiger partial charge on any atom is 0.234 e. The van der Waals surface area contributed by atoms with Crippen molar-refractivity contribution in [3.8, 4) is 0 Å². The fourth-order valence-electron chi connectivity index (χ4n) is 3.80. The molecule has 1 fully saturated rings. The number of benzene rings is 1. The Bertz CT molecular complexity index is 947. The molecule has 1 aliphatic rings. The number of thioether (sulfide) groups is 2. The lowest BCUT2D eigenvalue weighted by Gasteiger charge is -2.25. The van der Waals surface area contributed by atoms with E-state index in [9.17, 15) is 4.79 Å². The number of nitrogens with zero attached hydrogens (tertiary/aromatic N) is 3. The lowest BCUT2D eigenvalue weighted by molar-refractivity contribution is -0.113. The molecule has 30 heavy (non-hydrogen) atoms. The zero-order chi connectivity index (χ0) is 20.8.